The molecule has 0 aliphatic rings. The van der Waals surface area contributed by atoms with Crippen molar-refractivity contribution >= 4 is 28.0 Å². The quantitative estimate of drug-likeness (QED) is 0.707. The Bertz CT molecular complexity index is 530. The molecule has 7 nitrogen and oxygen atoms in total. The predicted octanol–water partition coefficient (Wildman–Crippen LogP) is 1.86. The normalized spacial score (nSPS) is 14.1. The summed E-state index contributed by atoms with van der Waals surface area (Å²) in [5, 5.41) is 21.5. The summed E-state index contributed by atoms with van der Waals surface area (Å²) in [6.07, 6.45) is -0.913. The van der Waals surface area contributed by atoms with E-state index >= 15 is 0 Å². The van der Waals surface area contributed by atoms with Crippen LogP contribution in [0.2, 0.25) is 0 Å². The second kappa shape index (κ2) is 6.86. The van der Waals surface area contributed by atoms with Gasteiger partial charge in [-0.25, -0.2) is 14.6 Å². The molecule has 0 bridgehead atoms. The Balaban J connectivity index is 2.90. The maximum atomic E-state index is 11.7. The molecule has 3 N–H and O–H groups in total. The Kier molecular flexibility index (Phi) is 5.68. The van der Waals surface area contributed by atoms with E-state index in [0.717, 1.165) is 0 Å². The molecule has 0 aliphatic heterocycles. The fourth-order valence-electron chi connectivity index (χ4n) is 1.51. The van der Waals surface area contributed by atoms with Gasteiger partial charge in [-0.15, -0.1) is 0 Å². The number of aromatic nitrogens is 1. The number of carbonyl (C=O) groups is 2. The van der Waals surface area contributed by atoms with Gasteiger partial charge in [-0.1, -0.05) is 6.07 Å². The van der Waals surface area contributed by atoms with Gasteiger partial charge in [-0.3, -0.25) is 0 Å². The fraction of sp³-hybridized carbons (Fsp3) is 0.462. The number of nitrogens with zero attached hydrogens (tertiary/aromatic N) is 1. The Hall–Kier alpha value is -1.67. The zero-order valence-corrected chi connectivity index (χ0v) is 13.4. The molecule has 1 amide bonds. The van der Waals surface area contributed by atoms with Crippen LogP contribution in [0.1, 0.15) is 32.4 Å². The van der Waals surface area contributed by atoms with E-state index in [9.17, 15) is 19.8 Å². The molecule has 0 fully saturated rings. The van der Waals surface area contributed by atoms with E-state index in [-0.39, 0.29) is 5.56 Å². The molecule has 1 heterocycles. The highest BCUT2D eigenvalue weighted by Gasteiger charge is 2.32. The van der Waals surface area contributed by atoms with Gasteiger partial charge >= 0.3 is 12.1 Å². The molecule has 1 rings (SSSR count). The maximum absolute atomic E-state index is 11.7. The molecular formula is C13H17BrN2O5. The Morgan fingerprint density at radius 2 is 2.05 bits per heavy atom. The van der Waals surface area contributed by atoms with Gasteiger partial charge < -0.3 is 20.3 Å². The lowest BCUT2D eigenvalue weighted by Crippen LogP contribution is -2.47. The number of pyridine rings is 1. The zero-order chi connectivity index (χ0) is 16.2. The molecule has 1 aromatic heterocycles. The third kappa shape index (κ3) is 5.31. The molecule has 21 heavy (non-hydrogen) atoms. The number of hydrogen-bond donors (Lipinski definition) is 3. The van der Waals surface area contributed by atoms with Crippen LogP contribution in [0.3, 0.4) is 0 Å². The number of aliphatic carboxylic acids is 1. The van der Waals surface area contributed by atoms with E-state index in [4.69, 9.17) is 4.74 Å². The number of carboxylic acids is 1. The van der Waals surface area contributed by atoms with Crippen molar-refractivity contribution < 1.29 is 24.5 Å². The SMILES string of the molecule is CC(C)(C)OC(=O)N[C@@H](C(=O)O)[C@@H](O)c1cccnc1Br. The first-order valence-electron chi connectivity index (χ1n) is 6.12. The Labute approximate surface area is 130 Å². The molecule has 1 aromatic rings. The van der Waals surface area contributed by atoms with E-state index in [2.05, 4.69) is 26.2 Å². The average Bonchev–Trinajstić information content (AvgIpc) is 2.33. The molecule has 0 saturated carbocycles. The highest BCUT2D eigenvalue weighted by molar-refractivity contribution is 9.10. The van der Waals surface area contributed by atoms with Crippen molar-refractivity contribution in [1.29, 1.82) is 0 Å². The van der Waals surface area contributed by atoms with E-state index in [1.165, 1.54) is 12.3 Å². The van der Waals surface area contributed by atoms with Gasteiger partial charge in [0.1, 0.15) is 16.3 Å². The molecule has 0 saturated heterocycles. The number of rotatable bonds is 4. The largest absolute Gasteiger partial charge is 0.480 e. The highest BCUT2D eigenvalue weighted by atomic mass is 79.9. The molecule has 116 valence electrons. The van der Waals surface area contributed by atoms with Crippen LogP contribution in [-0.2, 0) is 9.53 Å². The number of aliphatic hydroxyl groups is 1. The van der Waals surface area contributed by atoms with Gasteiger partial charge in [0.2, 0.25) is 0 Å². The minimum absolute atomic E-state index is 0.251. The minimum Gasteiger partial charge on any atom is -0.480 e. The van der Waals surface area contributed by atoms with Crippen molar-refractivity contribution in [3.05, 3.63) is 28.5 Å². The Morgan fingerprint density at radius 1 is 1.43 bits per heavy atom. The molecule has 0 aliphatic carbocycles. The number of carbonyl (C=O) groups excluding carboxylic acids is 1. The summed E-state index contributed by atoms with van der Waals surface area (Å²) in [7, 11) is 0. The van der Waals surface area contributed by atoms with Crippen molar-refractivity contribution in [3.63, 3.8) is 0 Å². The summed E-state index contributed by atoms with van der Waals surface area (Å²) < 4.78 is 5.28. The van der Waals surface area contributed by atoms with Crippen LogP contribution >= 0.6 is 15.9 Å². The van der Waals surface area contributed by atoms with E-state index in [0.29, 0.717) is 4.60 Å². The van der Waals surface area contributed by atoms with Gasteiger partial charge in [0.05, 0.1) is 0 Å². The lowest BCUT2D eigenvalue weighted by Gasteiger charge is -2.24. The standard InChI is InChI=1S/C13H17BrN2O5/c1-13(2,3)21-12(20)16-8(11(18)19)9(17)7-5-4-6-15-10(7)14/h4-6,8-9,17H,1-3H3,(H,16,20)(H,18,19)/t8-,9+/m1/s1. The third-order valence-electron chi connectivity index (χ3n) is 2.36. The number of alkyl carbamates (subject to hydrolysis) is 1. The first-order chi connectivity index (χ1) is 9.61. The molecular weight excluding hydrogens is 344 g/mol. The van der Waals surface area contributed by atoms with Crippen molar-refractivity contribution in [2.24, 2.45) is 0 Å². The summed E-state index contributed by atoms with van der Waals surface area (Å²) >= 11 is 3.12. The van der Waals surface area contributed by atoms with Gasteiger partial charge in [0, 0.05) is 11.8 Å². The van der Waals surface area contributed by atoms with Gasteiger partial charge in [0.25, 0.3) is 0 Å². The van der Waals surface area contributed by atoms with Crippen LogP contribution < -0.4 is 5.32 Å². The van der Waals surface area contributed by atoms with Crippen LogP contribution in [0.4, 0.5) is 4.79 Å². The van der Waals surface area contributed by atoms with E-state index < -0.39 is 29.8 Å². The highest BCUT2D eigenvalue weighted by Crippen LogP contribution is 2.24. The molecule has 8 heteroatoms. The Morgan fingerprint density at radius 3 is 2.52 bits per heavy atom. The molecule has 0 radical (unpaired) electrons. The summed E-state index contributed by atoms with van der Waals surface area (Å²) in [6, 6.07) is 1.50. The molecule has 0 aromatic carbocycles. The molecule has 0 unspecified atom stereocenters. The van der Waals surface area contributed by atoms with Gasteiger partial charge in [0.15, 0.2) is 6.04 Å². The monoisotopic (exact) mass is 360 g/mol. The number of halogens is 1. The first-order valence-corrected chi connectivity index (χ1v) is 6.92. The fourth-order valence-corrected chi connectivity index (χ4v) is 1.99. The first kappa shape index (κ1) is 17.4. The number of nitrogens with one attached hydrogen (secondary N) is 1. The van der Waals surface area contributed by atoms with Crippen LogP contribution in [0.25, 0.3) is 0 Å². The number of ether oxygens (including phenoxy) is 1. The number of hydrogen-bond acceptors (Lipinski definition) is 5. The van der Waals surface area contributed by atoms with Gasteiger partial charge in [-0.2, -0.15) is 0 Å². The summed E-state index contributed by atoms with van der Waals surface area (Å²) in [4.78, 5) is 26.8. The van der Waals surface area contributed by atoms with Crippen molar-refractivity contribution in [2.45, 2.75) is 38.5 Å². The van der Waals surface area contributed by atoms with Crippen LogP contribution in [0, 0.1) is 0 Å². The maximum Gasteiger partial charge on any atom is 0.408 e. The van der Waals surface area contributed by atoms with Crippen LogP contribution in [-0.4, -0.2) is 38.9 Å². The summed E-state index contributed by atoms with van der Waals surface area (Å²) in [5.41, 5.74) is -0.520. The second-order valence-corrected chi connectivity index (χ2v) is 6.04. The zero-order valence-electron chi connectivity index (χ0n) is 11.8. The number of aliphatic hydroxyl groups excluding tert-OH is 1. The van der Waals surface area contributed by atoms with Crippen molar-refractivity contribution in [2.75, 3.05) is 0 Å². The molecule has 0 spiro atoms. The summed E-state index contributed by atoms with van der Waals surface area (Å²) in [5.74, 6) is -1.39. The summed E-state index contributed by atoms with van der Waals surface area (Å²) in [6.45, 7) is 4.95. The second-order valence-electron chi connectivity index (χ2n) is 5.29. The van der Waals surface area contributed by atoms with Gasteiger partial charge in [-0.05, 0) is 42.8 Å². The predicted molar refractivity (Wildman–Crippen MR) is 77.7 cm³/mol. The smallest absolute Gasteiger partial charge is 0.408 e. The van der Waals surface area contributed by atoms with E-state index in [1.807, 2.05) is 0 Å². The lowest BCUT2D eigenvalue weighted by atomic mass is 10.0. The number of amides is 1. The lowest BCUT2D eigenvalue weighted by molar-refractivity contribution is -0.142. The van der Waals surface area contributed by atoms with Crippen LogP contribution in [0.5, 0.6) is 0 Å². The third-order valence-corrected chi connectivity index (χ3v) is 3.02. The molecule has 2 atom stereocenters. The van der Waals surface area contributed by atoms with Crippen molar-refractivity contribution in [1.82, 2.24) is 10.3 Å². The van der Waals surface area contributed by atoms with Crippen LogP contribution in [0.15, 0.2) is 22.9 Å². The minimum atomic E-state index is -1.56. The number of carboxylic acid groups (broad SMARTS) is 1. The van der Waals surface area contributed by atoms with E-state index in [1.54, 1.807) is 26.8 Å². The topological polar surface area (TPSA) is 109 Å². The average molecular weight is 361 g/mol. The van der Waals surface area contributed by atoms with Crippen molar-refractivity contribution in [3.8, 4) is 0 Å².